The molecule has 4 heterocycles. The Morgan fingerprint density at radius 2 is 2.02 bits per heavy atom. The highest BCUT2D eigenvalue weighted by Gasteiger charge is 2.42. The summed E-state index contributed by atoms with van der Waals surface area (Å²) in [6.45, 7) is 4.67. The number of fused-ring (bicyclic) bond motifs is 1. The van der Waals surface area contributed by atoms with Gasteiger partial charge in [0, 0.05) is 51.0 Å². The molecular formula is C32H40N6O4. The number of nitrogens with zero attached hydrogens (tertiary/aromatic N) is 5. The number of methoxy groups -OCH3 is 1. The highest BCUT2D eigenvalue weighted by Crippen LogP contribution is 2.41. The van der Waals surface area contributed by atoms with Crippen molar-refractivity contribution >= 4 is 11.6 Å². The molecule has 222 valence electrons. The first-order valence-corrected chi connectivity index (χ1v) is 14.9. The molecule has 42 heavy (non-hydrogen) atoms. The molecule has 3 atom stereocenters. The molecule has 3 aromatic heterocycles. The number of benzene rings is 1. The van der Waals surface area contributed by atoms with E-state index in [4.69, 9.17) is 14.5 Å². The van der Waals surface area contributed by atoms with Gasteiger partial charge in [-0.25, -0.2) is 9.97 Å². The van der Waals surface area contributed by atoms with Gasteiger partial charge in [-0.15, -0.1) is 0 Å². The minimum Gasteiger partial charge on any atom is -0.492 e. The molecule has 1 aromatic carbocycles. The summed E-state index contributed by atoms with van der Waals surface area (Å²) < 4.78 is 15.5. The Bertz CT molecular complexity index is 1510. The summed E-state index contributed by atoms with van der Waals surface area (Å²) in [4.78, 5) is 25.4. The molecular weight excluding hydrogens is 532 g/mol. The number of aryl methyl sites for hydroxylation is 1. The third-order valence-corrected chi connectivity index (χ3v) is 8.61. The van der Waals surface area contributed by atoms with Crippen LogP contribution in [0.15, 0.2) is 61.2 Å². The predicted octanol–water partition coefficient (Wildman–Crippen LogP) is 3.88. The third-order valence-electron chi connectivity index (χ3n) is 8.61. The first-order chi connectivity index (χ1) is 20.5. The second kappa shape index (κ2) is 12.2. The molecule has 1 amide bonds. The molecule has 0 unspecified atom stereocenters. The quantitative estimate of drug-likeness (QED) is 0.314. The van der Waals surface area contributed by atoms with Crippen molar-refractivity contribution in [3.8, 4) is 17.0 Å². The van der Waals surface area contributed by atoms with Gasteiger partial charge in [-0.1, -0.05) is 43.2 Å². The average Bonchev–Trinajstić information content (AvgIpc) is 3.60. The fourth-order valence-electron chi connectivity index (χ4n) is 6.57. The molecule has 4 aromatic rings. The normalized spacial score (nSPS) is 22.9. The fourth-order valence-corrected chi connectivity index (χ4v) is 6.57. The van der Waals surface area contributed by atoms with E-state index in [0.717, 1.165) is 54.2 Å². The van der Waals surface area contributed by atoms with E-state index in [1.165, 1.54) is 0 Å². The van der Waals surface area contributed by atoms with Crippen molar-refractivity contribution in [1.82, 2.24) is 29.2 Å². The number of aromatic nitrogens is 4. The Kier molecular flexibility index (Phi) is 8.28. The van der Waals surface area contributed by atoms with E-state index in [-0.39, 0.29) is 24.6 Å². The van der Waals surface area contributed by atoms with Gasteiger partial charge in [0.25, 0.3) is 5.91 Å². The van der Waals surface area contributed by atoms with Crippen LogP contribution in [-0.4, -0.2) is 86.5 Å². The number of aliphatic hydroxyl groups is 1. The smallest absolute Gasteiger partial charge is 0.275 e. The Morgan fingerprint density at radius 1 is 1.17 bits per heavy atom. The Labute approximate surface area is 246 Å². The number of carbonyl (C=O) groups is 1. The molecule has 1 aliphatic carbocycles. The van der Waals surface area contributed by atoms with E-state index in [9.17, 15) is 9.90 Å². The zero-order valence-electron chi connectivity index (χ0n) is 24.4. The number of carbonyl (C=O) groups excluding carboxylic acids is 1. The van der Waals surface area contributed by atoms with Gasteiger partial charge in [0.05, 0.1) is 43.2 Å². The summed E-state index contributed by atoms with van der Waals surface area (Å²) in [6, 6.07) is 13.5. The molecule has 10 nitrogen and oxygen atoms in total. The average molecular weight is 573 g/mol. The Hall–Kier alpha value is -3.73. The van der Waals surface area contributed by atoms with Crippen LogP contribution in [0.1, 0.15) is 54.3 Å². The maximum Gasteiger partial charge on any atom is 0.275 e. The lowest BCUT2D eigenvalue weighted by Gasteiger charge is -2.41. The first kappa shape index (κ1) is 28.4. The van der Waals surface area contributed by atoms with Gasteiger partial charge in [0.2, 0.25) is 0 Å². The number of hydrogen-bond donors (Lipinski definition) is 2. The van der Waals surface area contributed by atoms with Crippen LogP contribution in [0.5, 0.6) is 5.75 Å². The van der Waals surface area contributed by atoms with Crippen LogP contribution in [0, 0.1) is 6.92 Å². The molecule has 2 aliphatic rings. The van der Waals surface area contributed by atoms with Crippen molar-refractivity contribution in [2.24, 2.45) is 0 Å². The van der Waals surface area contributed by atoms with Crippen LogP contribution in [0.25, 0.3) is 16.9 Å². The van der Waals surface area contributed by atoms with Crippen LogP contribution in [0.2, 0.25) is 0 Å². The van der Waals surface area contributed by atoms with Crippen molar-refractivity contribution in [2.75, 3.05) is 40.0 Å². The van der Waals surface area contributed by atoms with Crippen LogP contribution in [0.3, 0.4) is 0 Å². The van der Waals surface area contributed by atoms with E-state index in [1.54, 1.807) is 13.4 Å². The summed E-state index contributed by atoms with van der Waals surface area (Å²) in [5.41, 5.74) is 2.89. The summed E-state index contributed by atoms with van der Waals surface area (Å²) in [6.07, 6.45) is 9.71. The Balaban J connectivity index is 1.25. The van der Waals surface area contributed by atoms with Crippen LogP contribution < -0.4 is 10.1 Å². The number of nitrogens with one attached hydrogen (secondary N) is 1. The van der Waals surface area contributed by atoms with E-state index in [1.807, 2.05) is 75.6 Å². The number of rotatable bonds is 9. The molecule has 1 saturated heterocycles. The second-order valence-electron chi connectivity index (χ2n) is 11.5. The van der Waals surface area contributed by atoms with Gasteiger partial charge in [-0.3, -0.25) is 4.79 Å². The Morgan fingerprint density at radius 3 is 2.86 bits per heavy atom. The molecule has 6 rings (SSSR count). The number of ether oxygens (including phenoxy) is 2. The zero-order valence-corrected chi connectivity index (χ0v) is 24.4. The topological polar surface area (TPSA) is 106 Å². The second-order valence-corrected chi connectivity index (χ2v) is 11.5. The van der Waals surface area contributed by atoms with Crippen molar-refractivity contribution in [3.63, 3.8) is 0 Å². The van der Waals surface area contributed by atoms with Gasteiger partial charge in [0.15, 0.2) is 5.69 Å². The number of amides is 1. The summed E-state index contributed by atoms with van der Waals surface area (Å²) in [5, 5.41) is 15.1. The highest BCUT2D eigenvalue weighted by molar-refractivity contribution is 5.98. The monoisotopic (exact) mass is 572 g/mol. The zero-order chi connectivity index (χ0) is 29.1. The summed E-state index contributed by atoms with van der Waals surface area (Å²) >= 11 is 0. The number of imidazole rings is 2. The van der Waals surface area contributed by atoms with E-state index >= 15 is 0 Å². The molecule has 1 saturated carbocycles. The number of hydrogen-bond acceptors (Lipinski definition) is 7. The van der Waals surface area contributed by atoms with E-state index in [2.05, 4.69) is 10.3 Å². The van der Waals surface area contributed by atoms with Gasteiger partial charge in [-0.2, -0.15) is 0 Å². The van der Waals surface area contributed by atoms with Crippen LogP contribution in [-0.2, 0) is 4.74 Å². The van der Waals surface area contributed by atoms with E-state index < -0.39 is 5.60 Å². The van der Waals surface area contributed by atoms with Crippen LogP contribution >= 0.6 is 0 Å². The maximum atomic E-state index is 14.3. The lowest BCUT2D eigenvalue weighted by Crippen LogP contribution is -2.54. The first-order valence-electron chi connectivity index (χ1n) is 14.9. The van der Waals surface area contributed by atoms with Gasteiger partial charge < -0.3 is 33.8 Å². The SMILES string of the molecule is COC[C@]1(O)CCCC[C@H]1n1cnc(C(=O)N2CCNC[C@H]2CCOc2ccc3nc(C)cn3c2)c1-c1ccccc1. The summed E-state index contributed by atoms with van der Waals surface area (Å²) in [5.74, 6) is 0.670. The lowest BCUT2D eigenvalue weighted by atomic mass is 9.80. The maximum absolute atomic E-state index is 14.3. The highest BCUT2D eigenvalue weighted by atomic mass is 16.5. The number of pyridine rings is 1. The van der Waals surface area contributed by atoms with Crippen molar-refractivity contribution < 1.29 is 19.4 Å². The molecule has 2 N–H and O–H groups in total. The summed E-state index contributed by atoms with van der Waals surface area (Å²) in [7, 11) is 1.62. The van der Waals surface area contributed by atoms with Gasteiger partial charge >= 0.3 is 0 Å². The molecule has 0 bridgehead atoms. The fraction of sp³-hybridized carbons (Fsp3) is 0.469. The molecule has 10 heteroatoms. The standard InChI is InChI=1S/C32H40N6O4/c1-23-19-36-20-26(11-12-28(36)35-23)42-17-13-25-18-33-15-16-37(25)31(39)29-30(24-8-4-3-5-9-24)38(22-34-29)27-10-6-7-14-32(27,40)21-41-2/h3-5,8-9,11-12,19-20,22,25,27,33,40H,6-7,10,13-18,21H2,1-2H3/t25-,27-,32-/m1/s1. The largest absolute Gasteiger partial charge is 0.492 e. The van der Waals surface area contributed by atoms with Crippen molar-refractivity contribution in [2.45, 2.75) is 56.7 Å². The minimum absolute atomic E-state index is 0.0423. The lowest BCUT2D eigenvalue weighted by molar-refractivity contribution is -0.0893. The van der Waals surface area contributed by atoms with Gasteiger partial charge in [0.1, 0.15) is 17.0 Å². The molecule has 0 radical (unpaired) electrons. The predicted molar refractivity (Wildman–Crippen MR) is 160 cm³/mol. The number of piperazine rings is 1. The molecule has 0 spiro atoms. The molecule has 2 fully saturated rings. The third kappa shape index (κ3) is 5.66. The minimum atomic E-state index is -1.02. The van der Waals surface area contributed by atoms with Crippen molar-refractivity contribution in [3.05, 3.63) is 72.6 Å². The van der Waals surface area contributed by atoms with Gasteiger partial charge in [-0.05, 0) is 31.9 Å². The molecule has 1 aliphatic heterocycles. The van der Waals surface area contributed by atoms with Crippen LogP contribution in [0.4, 0.5) is 0 Å². The van der Waals surface area contributed by atoms with Crippen molar-refractivity contribution in [1.29, 1.82) is 0 Å². The van der Waals surface area contributed by atoms with E-state index in [0.29, 0.717) is 38.2 Å².